The third kappa shape index (κ3) is 4.40. The van der Waals surface area contributed by atoms with Crippen molar-refractivity contribution in [2.45, 2.75) is 26.2 Å². The van der Waals surface area contributed by atoms with Gasteiger partial charge in [-0.05, 0) is 43.7 Å². The Morgan fingerprint density at radius 2 is 2.03 bits per heavy atom. The smallest absolute Gasteiger partial charge is 0.354 e. The molecule has 2 aromatic heterocycles. The van der Waals surface area contributed by atoms with Gasteiger partial charge in [0.2, 0.25) is 0 Å². The summed E-state index contributed by atoms with van der Waals surface area (Å²) in [4.78, 5) is 38.9. The number of nitrogens with one attached hydrogen (secondary N) is 1. The van der Waals surface area contributed by atoms with E-state index in [2.05, 4.69) is 10.1 Å². The van der Waals surface area contributed by atoms with E-state index >= 15 is 0 Å². The number of hydrogen-bond acceptors (Lipinski definition) is 5. The lowest BCUT2D eigenvalue weighted by molar-refractivity contribution is -0.113. The molecule has 1 N–H and O–H groups in total. The molecule has 4 rings (SSSR count). The molecule has 0 radical (unpaired) electrons. The van der Waals surface area contributed by atoms with E-state index in [0.717, 1.165) is 27.7 Å². The first-order valence-electron chi connectivity index (χ1n) is 10.2. The molecule has 2 heterocycles. The number of aryl methyl sites for hydroxylation is 1. The van der Waals surface area contributed by atoms with Gasteiger partial charge in [-0.25, -0.2) is 4.79 Å². The van der Waals surface area contributed by atoms with Crippen LogP contribution in [-0.2, 0) is 16.6 Å². The van der Waals surface area contributed by atoms with Crippen LogP contribution in [0.25, 0.3) is 22.2 Å². The molecular weight excluding hydrogens is 394 g/mol. The summed E-state index contributed by atoms with van der Waals surface area (Å²) in [5.74, 6) is -0.348. The Hall–Kier alpha value is -3.74. The van der Waals surface area contributed by atoms with E-state index in [4.69, 9.17) is 4.74 Å². The number of esters is 1. The average Bonchev–Trinajstić information content (AvgIpc) is 3.36. The van der Waals surface area contributed by atoms with Gasteiger partial charge in [0.05, 0.1) is 12.3 Å². The molecule has 7 nitrogen and oxygen atoms in total. The van der Waals surface area contributed by atoms with E-state index in [1.165, 1.54) is 0 Å². The molecule has 158 valence electrons. The Bertz CT molecular complexity index is 1240. The Morgan fingerprint density at radius 3 is 2.77 bits per heavy atom. The van der Waals surface area contributed by atoms with Gasteiger partial charge in [-0.3, -0.25) is 14.3 Å². The predicted molar refractivity (Wildman–Crippen MR) is 117 cm³/mol. The standard InChI is InChI=1S/C24H23N3O4/c1-3-31-24(30)21-13-17-12-16(7-10-19(17)25-21)22-14-20(26-27(22)2)23(29)11-6-15-4-8-18(28)9-5-15/h4-5,7-8,10,12-14,25H,3,6,9,11H2,1-2H3. The third-order valence-corrected chi connectivity index (χ3v) is 5.27. The quantitative estimate of drug-likeness (QED) is 0.460. The van der Waals surface area contributed by atoms with Gasteiger partial charge < -0.3 is 9.72 Å². The van der Waals surface area contributed by atoms with Crippen molar-refractivity contribution in [3.63, 3.8) is 0 Å². The van der Waals surface area contributed by atoms with E-state index in [9.17, 15) is 14.4 Å². The fraction of sp³-hybridized carbons (Fsp3) is 0.250. The molecule has 0 fully saturated rings. The number of carbonyl (C=O) groups excluding carboxylic acids is 3. The SMILES string of the molecule is CCOC(=O)c1cc2cc(-c3cc(C(=O)CCC4=CCC(=O)C=C4)nn3C)ccc2[nH]1. The van der Waals surface area contributed by atoms with Gasteiger partial charge in [0.1, 0.15) is 11.4 Å². The summed E-state index contributed by atoms with van der Waals surface area (Å²) in [5, 5.41) is 5.27. The van der Waals surface area contributed by atoms with Gasteiger partial charge in [0.25, 0.3) is 0 Å². The van der Waals surface area contributed by atoms with E-state index in [0.29, 0.717) is 37.3 Å². The number of H-pyrrole nitrogens is 1. The zero-order valence-electron chi connectivity index (χ0n) is 17.5. The summed E-state index contributed by atoms with van der Waals surface area (Å²) >= 11 is 0. The van der Waals surface area contributed by atoms with E-state index in [1.54, 1.807) is 42.9 Å². The highest BCUT2D eigenvalue weighted by Gasteiger charge is 2.16. The lowest BCUT2D eigenvalue weighted by atomic mass is 10.00. The highest BCUT2D eigenvalue weighted by atomic mass is 16.5. The summed E-state index contributed by atoms with van der Waals surface area (Å²) in [6, 6.07) is 9.32. The second-order valence-corrected chi connectivity index (χ2v) is 7.45. The van der Waals surface area contributed by atoms with Crippen LogP contribution in [0.15, 0.2) is 54.1 Å². The van der Waals surface area contributed by atoms with E-state index < -0.39 is 0 Å². The van der Waals surface area contributed by atoms with Crippen LogP contribution in [0.4, 0.5) is 0 Å². The van der Waals surface area contributed by atoms with Gasteiger partial charge in [0, 0.05) is 36.4 Å². The van der Waals surface area contributed by atoms with Crippen molar-refractivity contribution in [2.75, 3.05) is 6.61 Å². The van der Waals surface area contributed by atoms with Crippen molar-refractivity contribution in [3.8, 4) is 11.3 Å². The first kappa shape index (κ1) is 20.5. The molecule has 0 saturated heterocycles. The monoisotopic (exact) mass is 417 g/mol. The number of nitrogens with zero attached hydrogens (tertiary/aromatic N) is 2. The number of benzene rings is 1. The molecule has 0 bridgehead atoms. The Morgan fingerprint density at radius 1 is 1.19 bits per heavy atom. The Labute approximate surface area is 179 Å². The predicted octanol–water partition coefficient (Wildman–Crippen LogP) is 4.16. The maximum atomic E-state index is 12.7. The number of ether oxygens (including phenoxy) is 1. The van der Waals surface area contributed by atoms with Crippen LogP contribution < -0.4 is 0 Å². The summed E-state index contributed by atoms with van der Waals surface area (Å²) in [5.41, 5.74) is 4.36. The van der Waals surface area contributed by atoms with Crippen LogP contribution >= 0.6 is 0 Å². The fourth-order valence-corrected chi connectivity index (χ4v) is 3.62. The summed E-state index contributed by atoms with van der Waals surface area (Å²) in [6.45, 7) is 2.08. The number of carbonyl (C=O) groups is 3. The van der Waals surface area contributed by atoms with Crippen LogP contribution in [0.5, 0.6) is 0 Å². The van der Waals surface area contributed by atoms with Crippen LogP contribution in [-0.4, -0.2) is 38.9 Å². The van der Waals surface area contributed by atoms with Crippen molar-refractivity contribution in [2.24, 2.45) is 7.05 Å². The first-order valence-corrected chi connectivity index (χ1v) is 10.2. The molecule has 0 saturated carbocycles. The second-order valence-electron chi connectivity index (χ2n) is 7.45. The highest BCUT2D eigenvalue weighted by molar-refractivity contribution is 5.98. The zero-order chi connectivity index (χ0) is 22.0. The minimum absolute atomic E-state index is 0.0413. The van der Waals surface area contributed by atoms with Crippen molar-refractivity contribution in [3.05, 3.63) is 65.5 Å². The molecule has 0 spiro atoms. The molecule has 7 heteroatoms. The average molecular weight is 417 g/mol. The van der Waals surface area contributed by atoms with Gasteiger partial charge in [0.15, 0.2) is 11.6 Å². The number of hydrogen-bond donors (Lipinski definition) is 1. The van der Waals surface area contributed by atoms with Gasteiger partial charge in [-0.2, -0.15) is 5.10 Å². The second kappa shape index (κ2) is 8.55. The molecule has 1 aliphatic rings. The van der Waals surface area contributed by atoms with Crippen molar-refractivity contribution in [1.29, 1.82) is 0 Å². The summed E-state index contributed by atoms with van der Waals surface area (Å²) < 4.78 is 6.73. The maximum Gasteiger partial charge on any atom is 0.354 e. The number of fused-ring (bicyclic) bond motifs is 1. The molecule has 0 unspecified atom stereocenters. The highest BCUT2D eigenvalue weighted by Crippen LogP contribution is 2.26. The van der Waals surface area contributed by atoms with Crippen LogP contribution in [0, 0.1) is 0 Å². The number of rotatable bonds is 7. The zero-order valence-corrected chi connectivity index (χ0v) is 17.5. The van der Waals surface area contributed by atoms with Crippen LogP contribution in [0.2, 0.25) is 0 Å². The molecule has 0 atom stereocenters. The van der Waals surface area contributed by atoms with Crippen molar-refractivity contribution < 1.29 is 19.1 Å². The molecule has 3 aromatic rings. The lowest BCUT2D eigenvalue weighted by Crippen LogP contribution is -2.04. The minimum atomic E-state index is -0.388. The van der Waals surface area contributed by atoms with Gasteiger partial charge in [-0.15, -0.1) is 0 Å². The summed E-state index contributed by atoms with van der Waals surface area (Å²) in [7, 11) is 1.80. The van der Waals surface area contributed by atoms with E-state index in [-0.39, 0.29) is 17.5 Å². The third-order valence-electron chi connectivity index (χ3n) is 5.27. The molecule has 1 aromatic carbocycles. The fourth-order valence-electron chi connectivity index (χ4n) is 3.62. The van der Waals surface area contributed by atoms with Gasteiger partial charge in [-0.1, -0.05) is 23.8 Å². The number of allylic oxidation sites excluding steroid dienone is 4. The van der Waals surface area contributed by atoms with Crippen molar-refractivity contribution in [1.82, 2.24) is 14.8 Å². The molecule has 0 aliphatic heterocycles. The van der Waals surface area contributed by atoms with Gasteiger partial charge >= 0.3 is 5.97 Å². The largest absolute Gasteiger partial charge is 0.461 e. The van der Waals surface area contributed by atoms with Crippen LogP contribution in [0.1, 0.15) is 47.2 Å². The molecule has 31 heavy (non-hydrogen) atoms. The van der Waals surface area contributed by atoms with E-state index in [1.807, 2.05) is 24.3 Å². The Balaban J connectivity index is 1.52. The van der Waals surface area contributed by atoms with Crippen LogP contribution in [0.3, 0.4) is 0 Å². The number of aromatic nitrogens is 3. The lowest BCUT2D eigenvalue weighted by Gasteiger charge is -2.04. The first-order chi connectivity index (χ1) is 14.9. The maximum absolute atomic E-state index is 12.7. The topological polar surface area (TPSA) is 94.1 Å². The Kier molecular flexibility index (Phi) is 5.66. The summed E-state index contributed by atoms with van der Waals surface area (Å²) in [6.07, 6.45) is 6.52. The van der Waals surface area contributed by atoms with Crippen molar-refractivity contribution >= 4 is 28.4 Å². The molecule has 1 aliphatic carbocycles. The minimum Gasteiger partial charge on any atom is -0.461 e. The molecular formula is C24H23N3O4. The normalized spacial score (nSPS) is 13.5. The number of Topliss-reactive ketones (excluding diaryl/α,β-unsaturated/α-hetero) is 1. The number of aromatic amines is 1. The molecule has 0 amide bonds. The number of ketones is 2.